The SMILES string of the molecule is C=C(Cl)CNC(=O)OCC(C)C. The first-order chi connectivity index (χ1) is 5.52. The molecule has 1 amide bonds. The van der Waals surface area contributed by atoms with E-state index in [-0.39, 0.29) is 6.54 Å². The van der Waals surface area contributed by atoms with Crippen molar-refractivity contribution in [2.75, 3.05) is 13.2 Å². The fourth-order valence-corrected chi connectivity index (χ4v) is 0.528. The fourth-order valence-electron chi connectivity index (χ4n) is 0.461. The molecule has 4 heteroatoms. The van der Waals surface area contributed by atoms with Crippen LogP contribution >= 0.6 is 11.6 Å². The van der Waals surface area contributed by atoms with Crippen LogP contribution in [0.25, 0.3) is 0 Å². The number of amides is 1. The molecule has 0 bridgehead atoms. The zero-order chi connectivity index (χ0) is 9.56. The van der Waals surface area contributed by atoms with Gasteiger partial charge in [0, 0.05) is 5.03 Å². The minimum atomic E-state index is -0.453. The third-order valence-electron chi connectivity index (χ3n) is 0.972. The second-order valence-electron chi connectivity index (χ2n) is 2.86. The van der Waals surface area contributed by atoms with Crippen LogP contribution in [0.2, 0.25) is 0 Å². The smallest absolute Gasteiger partial charge is 0.407 e. The Morgan fingerprint density at radius 3 is 2.67 bits per heavy atom. The fraction of sp³-hybridized carbons (Fsp3) is 0.625. The summed E-state index contributed by atoms with van der Waals surface area (Å²) in [5.41, 5.74) is 0. The second kappa shape index (κ2) is 5.89. The summed E-state index contributed by atoms with van der Waals surface area (Å²) in [6.45, 7) is 8.02. The maximum Gasteiger partial charge on any atom is 0.407 e. The lowest BCUT2D eigenvalue weighted by Crippen LogP contribution is -2.26. The van der Waals surface area contributed by atoms with Crippen molar-refractivity contribution < 1.29 is 9.53 Å². The minimum absolute atomic E-state index is 0.248. The number of nitrogens with one attached hydrogen (secondary N) is 1. The van der Waals surface area contributed by atoms with Gasteiger partial charge < -0.3 is 10.1 Å². The van der Waals surface area contributed by atoms with Crippen LogP contribution in [0.15, 0.2) is 11.6 Å². The number of hydrogen-bond acceptors (Lipinski definition) is 2. The molecule has 0 unspecified atom stereocenters. The summed E-state index contributed by atoms with van der Waals surface area (Å²) in [5.74, 6) is 0.343. The van der Waals surface area contributed by atoms with Crippen LogP contribution < -0.4 is 5.32 Å². The average Bonchev–Trinajstić information content (AvgIpc) is 1.96. The molecular weight excluding hydrogens is 178 g/mol. The van der Waals surface area contributed by atoms with E-state index in [1.54, 1.807) is 0 Å². The van der Waals surface area contributed by atoms with E-state index in [1.165, 1.54) is 0 Å². The summed E-state index contributed by atoms with van der Waals surface area (Å²) in [7, 11) is 0. The molecule has 0 rings (SSSR count). The van der Waals surface area contributed by atoms with Gasteiger partial charge in [-0.05, 0) is 5.92 Å². The summed E-state index contributed by atoms with van der Waals surface area (Å²) < 4.78 is 4.80. The van der Waals surface area contributed by atoms with Gasteiger partial charge in [-0.3, -0.25) is 0 Å². The maximum absolute atomic E-state index is 10.8. The highest BCUT2D eigenvalue weighted by Crippen LogP contribution is 1.95. The highest BCUT2D eigenvalue weighted by molar-refractivity contribution is 6.29. The van der Waals surface area contributed by atoms with Crippen LogP contribution in [-0.2, 0) is 4.74 Å². The quantitative estimate of drug-likeness (QED) is 0.739. The van der Waals surface area contributed by atoms with Crippen molar-refractivity contribution in [3.63, 3.8) is 0 Å². The Bertz CT molecular complexity index is 168. The first-order valence-corrected chi connectivity index (χ1v) is 4.14. The number of alkyl carbamates (subject to hydrolysis) is 1. The molecule has 0 saturated heterocycles. The predicted octanol–water partition coefficient (Wildman–Crippen LogP) is 2.12. The number of hydrogen-bond donors (Lipinski definition) is 1. The topological polar surface area (TPSA) is 38.3 Å². The van der Waals surface area contributed by atoms with E-state index in [4.69, 9.17) is 16.3 Å². The van der Waals surface area contributed by atoms with Gasteiger partial charge in [0.2, 0.25) is 0 Å². The lowest BCUT2D eigenvalue weighted by atomic mass is 10.2. The van der Waals surface area contributed by atoms with Crippen molar-refractivity contribution in [1.29, 1.82) is 0 Å². The van der Waals surface area contributed by atoms with Crippen molar-refractivity contribution in [2.24, 2.45) is 5.92 Å². The monoisotopic (exact) mass is 191 g/mol. The maximum atomic E-state index is 10.8. The molecular formula is C8H14ClNO2. The van der Waals surface area contributed by atoms with Crippen LogP contribution in [0.4, 0.5) is 4.79 Å². The zero-order valence-electron chi connectivity index (χ0n) is 7.39. The molecule has 12 heavy (non-hydrogen) atoms. The van der Waals surface area contributed by atoms with Crippen LogP contribution in [0, 0.1) is 5.92 Å². The van der Waals surface area contributed by atoms with Crippen LogP contribution in [0.3, 0.4) is 0 Å². The number of rotatable bonds is 4. The van der Waals surface area contributed by atoms with Gasteiger partial charge in [0.15, 0.2) is 0 Å². The van der Waals surface area contributed by atoms with Gasteiger partial charge in [-0.15, -0.1) is 0 Å². The third kappa shape index (κ3) is 7.41. The molecule has 0 fully saturated rings. The second-order valence-corrected chi connectivity index (χ2v) is 3.40. The van der Waals surface area contributed by atoms with Gasteiger partial charge in [-0.2, -0.15) is 0 Å². The molecule has 70 valence electrons. The zero-order valence-corrected chi connectivity index (χ0v) is 8.15. The number of ether oxygens (including phenoxy) is 1. The van der Waals surface area contributed by atoms with Gasteiger partial charge in [0.1, 0.15) is 0 Å². The number of halogens is 1. The molecule has 0 aliphatic rings. The Hall–Kier alpha value is -0.700. The summed E-state index contributed by atoms with van der Waals surface area (Å²) in [4.78, 5) is 10.8. The van der Waals surface area contributed by atoms with Crippen molar-refractivity contribution in [3.05, 3.63) is 11.6 Å². The van der Waals surface area contributed by atoms with E-state index >= 15 is 0 Å². The average molecular weight is 192 g/mol. The Morgan fingerprint density at radius 1 is 1.67 bits per heavy atom. The van der Waals surface area contributed by atoms with E-state index in [0.29, 0.717) is 17.6 Å². The number of carbonyl (C=O) groups excluding carboxylic acids is 1. The van der Waals surface area contributed by atoms with Crippen molar-refractivity contribution in [3.8, 4) is 0 Å². The molecule has 0 spiro atoms. The standard InChI is InChI=1S/C8H14ClNO2/c1-6(2)5-12-8(11)10-4-7(3)9/h6H,3-5H2,1-2H3,(H,10,11). The molecule has 0 atom stereocenters. The third-order valence-corrected chi connectivity index (χ3v) is 1.11. The molecule has 0 aliphatic carbocycles. The van der Waals surface area contributed by atoms with E-state index < -0.39 is 6.09 Å². The van der Waals surface area contributed by atoms with Gasteiger partial charge in [-0.25, -0.2) is 4.79 Å². The lowest BCUT2D eigenvalue weighted by Gasteiger charge is -2.07. The normalized spacial score (nSPS) is 9.67. The highest BCUT2D eigenvalue weighted by atomic mass is 35.5. The first kappa shape index (κ1) is 11.3. The van der Waals surface area contributed by atoms with E-state index in [0.717, 1.165) is 0 Å². The molecule has 1 N–H and O–H groups in total. The van der Waals surface area contributed by atoms with E-state index in [2.05, 4.69) is 11.9 Å². The Morgan fingerprint density at radius 2 is 2.25 bits per heavy atom. The molecule has 0 aromatic carbocycles. The van der Waals surface area contributed by atoms with Crippen molar-refractivity contribution in [2.45, 2.75) is 13.8 Å². The van der Waals surface area contributed by atoms with Crippen molar-refractivity contribution >= 4 is 17.7 Å². The molecule has 0 aromatic heterocycles. The molecule has 0 radical (unpaired) electrons. The van der Waals surface area contributed by atoms with Crippen LogP contribution in [-0.4, -0.2) is 19.2 Å². The molecule has 0 aliphatic heterocycles. The van der Waals surface area contributed by atoms with Gasteiger partial charge >= 0.3 is 6.09 Å². The summed E-state index contributed by atoms with van der Waals surface area (Å²) in [5, 5.41) is 2.83. The van der Waals surface area contributed by atoms with Gasteiger partial charge in [0.25, 0.3) is 0 Å². The lowest BCUT2D eigenvalue weighted by molar-refractivity contribution is 0.134. The van der Waals surface area contributed by atoms with Crippen LogP contribution in [0.1, 0.15) is 13.8 Å². The van der Waals surface area contributed by atoms with E-state index in [1.807, 2.05) is 13.8 Å². The summed E-state index contributed by atoms with van der Waals surface area (Å²) >= 11 is 5.42. The van der Waals surface area contributed by atoms with E-state index in [9.17, 15) is 4.79 Å². The van der Waals surface area contributed by atoms with Crippen molar-refractivity contribution in [1.82, 2.24) is 5.32 Å². The summed E-state index contributed by atoms with van der Waals surface area (Å²) in [6.07, 6.45) is -0.453. The molecule has 3 nitrogen and oxygen atoms in total. The highest BCUT2D eigenvalue weighted by Gasteiger charge is 2.02. The molecule has 0 aromatic rings. The largest absolute Gasteiger partial charge is 0.449 e. The summed E-state index contributed by atoms with van der Waals surface area (Å²) in [6, 6.07) is 0. The van der Waals surface area contributed by atoms with Gasteiger partial charge in [0.05, 0.1) is 13.2 Å². The Balaban J connectivity index is 3.40. The Labute approximate surface area is 77.7 Å². The Kier molecular flexibility index (Phi) is 5.54. The predicted molar refractivity (Wildman–Crippen MR) is 49.2 cm³/mol. The molecule has 0 heterocycles. The molecule has 0 saturated carbocycles. The van der Waals surface area contributed by atoms with Crippen LogP contribution in [0.5, 0.6) is 0 Å². The minimum Gasteiger partial charge on any atom is -0.449 e. The number of carbonyl (C=O) groups is 1. The first-order valence-electron chi connectivity index (χ1n) is 3.76. The van der Waals surface area contributed by atoms with Gasteiger partial charge in [-0.1, -0.05) is 32.0 Å².